The number of aryl methyl sites for hydroxylation is 1. The maximum atomic E-state index is 5.99. The Balaban J connectivity index is 1.91. The van der Waals surface area contributed by atoms with E-state index in [-0.39, 0.29) is 6.04 Å². The number of ether oxygens (including phenoxy) is 1. The molecule has 1 atom stereocenters. The summed E-state index contributed by atoms with van der Waals surface area (Å²) >= 11 is 3.51. The Labute approximate surface area is 135 Å². The first-order chi connectivity index (χ1) is 10.2. The van der Waals surface area contributed by atoms with Crippen LogP contribution in [0.3, 0.4) is 0 Å². The Morgan fingerprint density at radius 3 is 2.62 bits per heavy atom. The van der Waals surface area contributed by atoms with Crippen molar-refractivity contribution >= 4 is 15.9 Å². The smallest absolute Gasteiger partial charge is 0.125 e. The van der Waals surface area contributed by atoms with Crippen LogP contribution < -0.4 is 10.1 Å². The van der Waals surface area contributed by atoms with E-state index in [0.29, 0.717) is 0 Å². The summed E-state index contributed by atoms with van der Waals surface area (Å²) in [6, 6.07) is 17.0. The van der Waals surface area contributed by atoms with Crippen LogP contribution in [-0.2, 0) is 6.42 Å². The summed E-state index contributed by atoms with van der Waals surface area (Å²) in [4.78, 5) is 0. The van der Waals surface area contributed by atoms with E-state index in [9.17, 15) is 0 Å². The van der Waals surface area contributed by atoms with Gasteiger partial charge in [-0.3, -0.25) is 0 Å². The predicted octanol–water partition coefficient (Wildman–Crippen LogP) is 4.74. The van der Waals surface area contributed by atoms with Crippen molar-refractivity contribution in [2.24, 2.45) is 0 Å². The third-order valence-corrected chi connectivity index (χ3v) is 4.08. The molecule has 0 aromatic heterocycles. The molecule has 0 fully saturated rings. The van der Waals surface area contributed by atoms with Gasteiger partial charge in [-0.15, -0.1) is 0 Å². The lowest BCUT2D eigenvalue weighted by atomic mass is 10.1. The molecule has 3 heteroatoms. The van der Waals surface area contributed by atoms with Crippen LogP contribution in [-0.4, -0.2) is 13.7 Å². The fourth-order valence-electron chi connectivity index (χ4n) is 2.25. The lowest BCUT2D eigenvalue weighted by Gasteiger charge is -2.17. The molecule has 0 aliphatic rings. The number of benzene rings is 2. The zero-order chi connectivity index (χ0) is 15.1. The maximum absolute atomic E-state index is 5.99. The van der Waals surface area contributed by atoms with Crippen LogP contribution in [0.15, 0.2) is 53.0 Å². The van der Waals surface area contributed by atoms with Gasteiger partial charge in [-0.05, 0) is 44.5 Å². The molecule has 2 rings (SSSR count). The van der Waals surface area contributed by atoms with E-state index in [1.165, 1.54) is 11.1 Å². The van der Waals surface area contributed by atoms with Gasteiger partial charge < -0.3 is 10.1 Å². The minimum absolute atomic E-state index is 0.280. The van der Waals surface area contributed by atoms with E-state index in [1.54, 1.807) is 0 Å². The van der Waals surface area contributed by atoms with Crippen molar-refractivity contribution in [1.82, 2.24) is 5.32 Å². The molecule has 0 saturated carbocycles. The van der Waals surface area contributed by atoms with Crippen LogP contribution in [0.2, 0.25) is 0 Å². The fourth-order valence-corrected chi connectivity index (χ4v) is 2.59. The standard InChI is InChI=1S/C18H22BrNO/c1-14(20-2)17-11-10-16(19)13-18(17)21-12-6-9-15-7-4-3-5-8-15/h3-5,7-8,10-11,13-14,20H,6,9,12H2,1-2H3. The van der Waals surface area contributed by atoms with E-state index in [1.807, 2.05) is 19.2 Å². The van der Waals surface area contributed by atoms with Crippen molar-refractivity contribution in [2.45, 2.75) is 25.8 Å². The second kappa shape index (κ2) is 8.20. The van der Waals surface area contributed by atoms with Gasteiger partial charge in [0, 0.05) is 16.1 Å². The predicted molar refractivity (Wildman–Crippen MR) is 91.9 cm³/mol. The molecule has 0 aliphatic heterocycles. The number of hydrogen-bond donors (Lipinski definition) is 1. The third-order valence-electron chi connectivity index (χ3n) is 3.59. The number of rotatable bonds is 7. The molecule has 0 heterocycles. The van der Waals surface area contributed by atoms with Gasteiger partial charge in [-0.25, -0.2) is 0 Å². The second-order valence-electron chi connectivity index (χ2n) is 5.13. The van der Waals surface area contributed by atoms with Gasteiger partial charge >= 0.3 is 0 Å². The molecule has 1 unspecified atom stereocenters. The molecule has 0 bridgehead atoms. The van der Waals surface area contributed by atoms with Gasteiger partial charge in [0.15, 0.2) is 0 Å². The van der Waals surface area contributed by atoms with Gasteiger partial charge in [-0.2, -0.15) is 0 Å². The Morgan fingerprint density at radius 2 is 1.90 bits per heavy atom. The highest BCUT2D eigenvalue weighted by molar-refractivity contribution is 9.10. The minimum atomic E-state index is 0.280. The highest BCUT2D eigenvalue weighted by Crippen LogP contribution is 2.28. The fraction of sp³-hybridized carbons (Fsp3) is 0.333. The van der Waals surface area contributed by atoms with Gasteiger partial charge in [0.1, 0.15) is 5.75 Å². The summed E-state index contributed by atoms with van der Waals surface area (Å²) in [5.74, 6) is 0.958. The molecule has 2 aromatic carbocycles. The van der Waals surface area contributed by atoms with Crippen molar-refractivity contribution in [1.29, 1.82) is 0 Å². The molecule has 0 spiro atoms. The van der Waals surface area contributed by atoms with E-state index in [4.69, 9.17) is 4.74 Å². The highest BCUT2D eigenvalue weighted by Gasteiger charge is 2.10. The van der Waals surface area contributed by atoms with E-state index < -0.39 is 0 Å². The third kappa shape index (κ3) is 4.87. The summed E-state index contributed by atoms with van der Waals surface area (Å²) in [6.45, 7) is 2.87. The van der Waals surface area contributed by atoms with Gasteiger partial charge in [0.25, 0.3) is 0 Å². The van der Waals surface area contributed by atoms with Crippen LogP contribution >= 0.6 is 15.9 Å². The monoisotopic (exact) mass is 347 g/mol. The zero-order valence-corrected chi connectivity index (χ0v) is 14.2. The molecular weight excluding hydrogens is 326 g/mol. The Morgan fingerprint density at radius 1 is 1.14 bits per heavy atom. The molecule has 1 N–H and O–H groups in total. The second-order valence-corrected chi connectivity index (χ2v) is 6.05. The summed E-state index contributed by atoms with van der Waals surface area (Å²) in [5, 5.41) is 3.26. The van der Waals surface area contributed by atoms with Crippen molar-refractivity contribution in [3.05, 3.63) is 64.1 Å². The van der Waals surface area contributed by atoms with Crippen LogP contribution in [0.4, 0.5) is 0 Å². The summed E-state index contributed by atoms with van der Waals surface area (Å²) in [5.41, 5.74) is 2.56. The Bertz CT molecular complexity index is 556. The summed E-state index contributed by atoms with van der Waals surface area (Å²) in [6.07, 6.45) is 2.07. The molecule has 0 amide bonds. The summed E-state index contributed by atoms with van der Waals surface area (Å²) in [7, 11) is 1.96. The Hall–Kier alpha value is -1.32. The zero-order valence-electron chi connectivity index (χ0n) is 12.6. The van der Waals surface area contributed by atoms with Crippen LogP contribution in [0.25, 0.3) is 0 Å². The van der Waals surface area contributed by atoms with E-state index in [0.717, 1.165) is 29.7 Å². The molecular formula is C18H22BrNO. The first kappa shape index (κ1) is 16.1. The molecule has 2 aromatic rings. The molecule has 21 heavy (non-hydrogen) atoms. The minimum Gasteiger partial charge on any atom is -0.493 e. The van der Waals surface area contributed by atoms with Crippen molar-refractivity contribution < 1.29 is 4.74 Å². The number of hydrogen-bond acceptors (Lipinski definition) is 2. The average Bonchev–Trinajstić information content (AvgIpc) is 2.52. The lowest BCUT2D eigenvalue weighted by Crippen LogP contribution is -2.14. The van der Waals surface area contributed by atoms with Gasteiger partial charge in [-0.1, -0.05) is 52.3 Å². The van der Waals surface area contributed by atoms with Crippen molar-refractivity contribution in [3.8, 4) is 5.75 Å². The molecule has 112 valence electrons. The molecule has 2 nitrogen and oxygen atoms in total. The summed E-state index contributed by atoms with van der Waals surface area (Å²) < 4.78 is 7.04. The molecule has 0 radical (unpaired) electrons. The van der Waals surface area contributed by atoms with Crippen molar-refractivity contribution in [2.75, 3.05) is 13.7 Å². The van der Waals surface area contributed by atoms with E-state index in [2.05, 4.69) is 64.6 Å². The largest absolute Gasteiger partial charge is 0.493 e. The van der Waals surface area contributed by atoms with Gasteiger partial charge in [0.05, 0.1) is 6.61 Å². The first-order valence-corrected chi connectivity index (χ1v) is 8.13. The number of nitrogens with one attached hydrogen (secondary N) is 1. The first-order valence-electron chi connectivity index (χ1n) is 7.34. The lowest BCUT2D eigenvalue weighted by molar-refractivity contribution is 0.305. The highest BCUT2D eigenvalue weighted by atomic mass is 79.9. The van der Waals surface area contributed by atoms with Gasteiger partial charge in [0.2, 0.25) is 0 Å². The maximum Gasteiger partial charge on any atom is 0.125 e. The van der Waals surface area contributed by atoms with Crippen LogP contribution in [0.5, 0.6) is 5.75 Å². The van der Waals surface area contributed by atoms with Crippen LogP contribution in [0.1, 0.15) is 30.5 Å². The normalized spacial score (nSPS) is 12.1. The quantitative estimate of drug-likeness (QED) is 0.730. The molecule has 0 aliphatic carbocycles. The van der Waals surface area contributed by atoms with Crippen molar-refractivity contribution in [3.63, 3.8) is 0 Å². The number of halogens is 1. The molecule has 0 saturated heterocycles. The SMILES string of the molecule is CNC(C)c1ccc(Br)cc1OCCCc1ccccc1. The van der Waals surface area contributed by atoms with Crippen LogP contribution in [0, 0.1) is 0 Å². The van der Waals surface area contributed by atoms with E-state index >= 15 is 0 Å². The average molecular weight is 348 g/mol. The Kier molecular flexibility index (Phi) is 6.27. The topological polar surface area (TPSA) is 21.3 Å².